The third kappa shape index (κ3) is 4.14. The van der Waals surface area contributed by atoms with Crippen molar-refractivity contribution >= 4 is 34.4 Å². The molecule has 3 saturated carbocycles. The molecule has 0 spiro atoms. The van der Waals surface area contributed by atoms with Gasteiger partial charge in [-0.05, 0) is 74.7 Å². The topological polar surface area (TPSA) is 118 Å². The monoisotopic (exact) mass is 544 g/mol. The molecule has 0 aromatic carbocycles. The molecular formula is C27H37KO7S. The number of cyclic esters (lactones) is 1. The maximum absolute atomic E-state index is 13.4. The fraction of sp³-hybridized carbons (Fsp3) is 0.778. The van der Waals surface area contributed by atoms with Crippen molar-refractivity contribution in [2.45, 2.75) is 101 Å². The molecular weight excluding hydrogens is 507 g/mol. The fourth-order valence-corrected chi connectivity index (χ4v) is 10.1. The van der Waals surface area contributed by atoms with E-state index in [0.717, 1.165) is 12.8 Å². The van der Waals surface area contributed by atoms with Gasteiger partial charge >= 0.3 is 57.4 Å². The molecule has 0 aromatic rings. The second-order valence-electron chi connectivity index (χ2n) is 11.6. The molecule has 194 valence electrons. The molecule has 3 unspecified atom stereocenters. The predicted molar refractivity (Wildman–Crippen MR) is 130 cm³/mol. The number of carbonyl (C=O) groups is 4. The first-order chi connectivity index (χ1) is 16.5. The molecule has 0 aromatic heterocycles. The Labute approximate surface area is 260 Å². The van der Waals surface area contributed by atoms with Gasteiger partial charge in [0.1, 0.15) is 11.7 Å². The Bertz CT molecular complexity index is 1020. The zero-order valence-corrected chi connectivity index (χ0v) is 25.7. The third-order valence-corrected chi connectivity index (χ3v) is 11.4. The number of fused-ring (bicyclic) bond motifs is 5. The molecule has 0 bridgehead atoms. The van der Waals surface area contributed by atoms with Crippen molar-refractivity contribution in [3.8, 4) is 0 Å². The number of Topliss-reactive ketones (excluding diaryl/α,β-unsaturated/α-hetero) is 1. The Morgan fingerprint density at radius 3 is 2.58 bits per heavy atom. The Hall–Kier alpha value is 0.126. The largest absolute Gasteiger partial charge is 1.00 e. The standard InChI is InChI=1S/C27H36O7S.K.H/c1-4-26(24(32)20(30)13-22(31)34-26)27(33)10-8-19-23-18(7-9-25(19,27)3)17-6-5-16(29)11-15(17)12-21(23)35-14(2)28;;/h11,17-21,23,30,33H,4-10,12-13H2,1-3H3;;/q;+1;-1/t17?,18-,19?,20?,21+,23-,25-,26-,27-;;/m0../s1. The molecule has 1 saturated heterocycles. The molecule has 0 amide bonds. The predicted octanol–water partition coefficient (Wildman–Crippen LogP) is 0.260. The van der Waals surface area contributed by atoms with Crippen molar-refractivity contribution < 1.29 is 86.9 Å². The van der Waals surface area contributed by atoms with Crippen LogP contribution < -0.4 is 51.4 Å². The number of ether oxygens (including phenoxy) is 1. The number of carbonyl (C=O) groups excluding carboxylic acids is 4. The van der Waals surface area contributed by atoms with Crippen LogP contribution in [0.4, 0.5) is 0 Å². The van der Waals surface area contributed by atoms with Crippen LogP contribution in [0.25, 0.3) is 0 Å². The van der Waals surface area contributed by atoms with Gasteiger partial charge in [0.15, 0.2) is 10.9 Å². The van der Waals surface area contributed by atoms with Gasteiger partial charge in [0.05, 0.1) is 6.42 Å². The van der Waals surface area contributed by atoms with Crippen molar-refractivity contribution in [3.05, 3.63) is 11.6 Å². The summed E-state index contributed by atoms with van der Waals surface area (Å²) in [5, 5.41) is 22.9. The van der Waals surface area contributed by atoms with Crippen LogP contribution in [0.3, 0.4) is 0 Å². The molecule has 0 radical (unpaired) electrons. The second kappa shape index (κ2) is 10.3. The van der Waals surface area contributed by atoms with Gasteiger partial charge in [-0.15, -0.1) is 0 Å². The molecule has 5 aliphatic rings. The van der Waals surface area contributed by atoms with Gasteiger partial charge in [-0.3, -0.25) is 19.2 Å². The summed E-state index contributed by atoms with van der Waals surface area (Å²) < 4.78 is 5.73. The number of esters is 1. The van der Waals surface area contributed by atoms with Crippen molar-refractivity contribution in [2.75, 3.05) is 0 Å². The third-order valence-electron chi connectivity index (χ3n) is 10.3. The van der Waals surface area contributed by atoms with E-state index in [2.05, 4.69) is 0 Å². The molecule has 4 aliphatic carbocycles. The van der Waals surface area contributed by atoms with Gasteiger partial charge in [-0.25, -0.2) is 0 Å². The molecule has 9 heteroatoms. The van der Waals surface area contributed by atoms with Crippen LogP contribution in [-0.4, -0.2) is 55.4 Å². The van der Waals surface area contributed by atoms with E-state index in [9.17, 15) is 29.4 Å². The number of rotatable bonds is 3. The first-order valence-electron chi connectivity index (χ1n) is 13.0. The number of hydrogen-bond acceptors (Lipinski definition) is 8. The second-order valence-corrected chi connectivity index (χ2v) is 13.0. The smallest absolute Gasteiger partial charge is 1.00 e. The van der Waals surface area contributed by atoms with Gasteiger partial charge in [-0.2, -0.15) is 0 Å². The Balaban J connectivity index is 0.00000190. The molecule has 36 heavy (non-hydrogen) atoms. The van der Waals surface area contributed by atoms with Crippen molar-refractivity contribution in [1.82, 2.24) is 0 Å². The van der Waals surface area contributed by atoms with Gasteiger partial charge in [0.2, 0.25) is 11.4 Å². The maximum Gasteiger partial charge on any atom is 1.00 e. The van der Waals surface area contributed by atoms with Gasteiger partial charge in [-0.1, -0.05) is 31.2 Å². The normalized spacial score (nSPS) is 46.0. The van der Waals surface area contributed by atoms with E-state index in [0.29, 0.717) is 43.9 Å². The summed E-state index contributed by atoms with van der Waals surface area (Å²) in [6.45, 7) is 5.33. The fourth-order valence-electron chi connectivity index (χ4n) is 8.81. The number of aliphatic hydroxyl groups is 2. The van der Waals surface area contributed by atoms with Gasteiger partial charge < -0.3 is 16.4 Å². The Morgan fingerprint density at radius 1 is 1.19 bits per heavy atom. The minimum Gasteiger partial charge on any atom is -1.00 e. The summed E-state index contributed by atoms with van der Waals surface area (Å²) >= 11 is 1.34. The molecule has 5 rings (SSSR count). The molecule has 1 heterocycles. The molecule has 9 atom stereocenters. The zero-order valence-electron chi connectivity index (χ0n) is 22.7. The molecule has 7 nitrogen and oxygen atoms in total. The molecule has 4 fully saturated rings. The number of allylic oxidation sites excluding steroid dienone is 1. The van der Waals surface area contributed by atoms with Crippen LogP contribution in [0.15, 0.2) is 11.6 Å². The Kier molecular flexibility index (Phi) is 8.30. The SMILES string of the molecule is CC[C@]1([C@]2(O)CCC3[C@H]4[C@H](SC(C)=O)CC5=CC(=O)CCC5[C@@H]4CC[C@@]32C)OC(=O)CC(O)C1=O.[H-].[K+]. The average Bonchev–Trinajstić information content (AvgIpc) is 3.07. The van der Waals surface area contributed by atoms with Crippen LogP contribution in [0.5, 0.6) is 0 Å². The van der Waals surface area contributed by atoms with E-state index < -0.39 is 34.5 Å². The number of ketones is 2. The summed E-state index contributed by atoms with van der Waals surface area (Å²) in [6.07, 6.45) is 4.58. The quantitative estimate of drug-likeness (QED) is 0.384. The van der Waals surface area contributed by atoms with Crippen LogP contribution in [0.1, 0.15) is 80.0 Å². The minimum atomic E-state index is -1.77. The van der Waals surface area contributed by atoms with Crippen LogP contribution in [0.2, 0.25) is 0 Å². The maximum atomic E-state index is 13.4. The average molecular weight is 545 g/mol. The van der Waals surface area contributed by atoms with Gasteiger partial charge in [0, 0.05) is 24.0 Å². The zero-order chi connectivity index (χ0) is 25.3. The van der Waals surface area contributed by atoms with E-state index in [4.69, 9.17) is 4.74 Å². The van der Waals surface area contributed by atoms with Crippen LogP contribution in [0, 0.1) is 29.1 Å². The van der Waals surface area contributed by atoms with E-state index in [1.54, 1.807) is 13.8 Å². The van der Waals surface area contributed by atoms with E-state index in [-0.39, 0.29) is 93.6 Å². The van der Waals surface area contributed by atoms with Crippen molar-refractivity contribution in [2.24, 2.45) is 29.1 Å². The van der Waals surface area contributed by atoms with Crippen molar-refractivity contribution in [1.29, 1.82) is 0 Å². The van der Waals surface area contributed by atoms with Crippen LogP contribution >= 0.6 is 11.8 Å². The summed E-state index contributed by atoms with van der Waals surface area (Å²) in [5.74, 6) is -0.267. The summed E-state index contributed by atoms with van der Waals surface area (Å²) in [5.41, 5.74) is -2.90. The van der Waals surface area contributed by atoms with Crippen molar-refractivity contribution in [3.63, 3.8) is 0 Å². The first kappa shape index (κ1) is 29.1. The van der Waals surface area contributed by atoms with E-state index >= 15 is 0 Å². The van der Waals surface area contributed by atoms with Gasteiger partial charge in [0.25, 0.3) is 0 Å². The molecule has 1 aliphatic heterocycles. The van der Waals surface area contributed by atoms with E-state index in [1.165, 1.54) is 17.3 Å². The number of hydrogen-bond donors (Lipinski definition) is 2. The summed E-state index contributed by atoms with van der Waals surface area (Å²) in [6, 6.07) is 0. The Morgan fingerprint density at radius 2 is 1.92 bits per heavy atom. The van der Waals surface area contributed by atoms with E-state index in [1.807, 2.05) is 13.0 Å². The number of aliphatic hydroxyl groups excluding tert-OH is 1. The molecule has 2 N–H and O–H groups in total. The van der Waals surface area contributed by atoms with Crippen LogP contribution in [-0.2, 0) is 23.9 Å². The first-order valence-corrected chi connectivity index (χ1v) is 13.9. The summed E-state index contributed by atoms with van der Waals surface area (Å²) in [4.78, 5) is 50.2. The summed E-state index contributed by atoms with van der Waals surface area (Å²) in [7, 11) is 0. The minimum absolute atomic E-state index is 0. The number of thioether (sulfide) groups is 1.